The van der Waals surface area contributed by atoms with Gasteiger partial charge in [-0.1, -0.05) is 47.5 Å². The van der Waals surface area contributed by atoms with Gasteiger partial charge in [0.2, 0.25) is 0 Å². The van der Waals surface area contributed by atoms with E-state index in [1.54, 1.807) is 67.8 Å². The van der Waals surface area contributed by atoms with Crippen LogP contribution in [0.3, 0.4) is 0 Å². The second-order valence-electron chi connectivity index (χ2n) is 6.82. The average Bonchev–Trinajstić information content (AvgIpc) is 3.06. The molecule has 32 heavy (non-hydrogen) atoms. The van der Waals surface area contributed by atoms with Crippen LogP contribution in [-0.2, 0) is 11.4 Å². The third kappa shape index (κ3) is 4.93. The van der Waals surface area contributed by atoms with Gasteiger partial charge in [-0.15, -0.1) is 0 Å². The van der Waals surface area contributed by atoms with Crippen LogP contribution in [0.5, 0.6) is 11.5 Å². The van der Waals surface area contributed by atoms with Gasteiger partial charge in [-0.2, -0.15) is 0 Å². The number of carbonyl (C=O) groups excluding carboxylic acids is 2. The van der Waals surface area contributed by atoms with E-state index in [-0.39, 0.29) is 5.24 Å². The number of carbonyl (C=O) groups is 2. The van der Waals surface area contributed by atoms with E-state index < -0.39 is 5.91 Å². The van der Waals surface area contributed by atoms with Crippen LogP contribution in [0.4, 0.5) is 10.5 Å². The minimum atomic E-state index is -0.399. The number of ether oxygens (including phenoxy) is 2. The summed E-state index contributed by atoms with van der Waals surface area (Å²) in [6, 6.07) is 19.3. The number of hydrogen-bond acceptors (Lipinski definition) is 5. The van der Waals surface area contributed by atoms with E-state index in [2.05, 4.69) is 0 Å². The summed E-state index contributed by atoms with van der Waals surface area (Å²) in [4.78, 5) is 26.7. The Morgan fingerprint density at radius 2 is 1.72 bits per heavy atom. The standard InChI is InChI=1S/C24H17Cl2NO4S/c1-30-21-11-16(7-10-20(21)31-14-15-5-8-17(25)9-6-15)12-22-23(28)27(24(29)32-22)19-4-2-3-18(26)13-19/h2-13H,14H2,1H3/b22-12-. The van der Waals surface area contributed by atoms with Crippen molar-refractivity contribution in [3.05, 3.63) is 92.8 Å². The van der Waals surface area contributed by atoms with Crippen molar-refractivity contribution < 1.29 is 19.1 Å². The summed E-state index contributed by atoms with van der Waals surface area (Å²) in [5.74, 6) is 0.678. The Morgan fingerprint density at radius 1 is 0.938 bits per heavy atom. The van der Waals surface area contributed by atoms with Crippen LogP contribution >= 0.6 is 35.0 Å². The molecule has 5 nitrogen and oxygen atoms in total. The molecule has 0 spiro atoms. The van der Waals surface area contributed by atoms with Gasteiger partial charge in [0.05, 0.1) is 17.7 Å². The molecule has 4 rings (SSSR count). The number of amides is 2. The molecular weight excluding hydrogens is 469 g/mol. The number of anilines is 1. The van der Waals surface area contributed by atoms with Crippen molar-refractivity contribution in [1.29, 1.82) is 0 Å². The predicted octanol–water partition coefficient (Wildman–Crippen LogP) is 6.82. The van der Waals surface area contributed by atoms with Crippen LogP contribution < -0.4 is 14.4 Å². The molecule has 0 aromatic heterocycles. The topological polar surface area (TPSA) is 55.8 Å². The zero-order valence-corrected chi connectivity index (χ0v) is 19.2. The van der Waals surface area contributed by atoms with Gasteiger partial charge in [-0.3, -0.25) is 9.59 Å². The van der Waals surface area contributed by atoms with Crippen molar-refractivity contribution in [2.45, 2.75) is 6.61 Å². The molecule has 0 unspecified atom stereocenters. The second kappa shape index (κ2) is 9.69. The van der Waals surface area contributed by atoms with Crippen LogP contribution in [0.2, 0.25) is 10.0 Å². The van der Waals surface area contributed by atoms with E-state index in [1.807, 2.05) is 12.1 Å². The van der Waals surface area contributed by atoms with Gasteiger partial charge in [-0.05, 0) is 71.4 Å². The Kier molecular flexibility index (Phi) is 6.74. The number of thioether (sulfide) groups is 1. The first-order valence-corrected chi connectivity index (χ1v) is 11.1. The van der Waals surface area contributed by atoms with Crippen LogP contribution in [-0.4, -0.2) is 18.3 Å². The largest absolute Gasteiger partial charge is 0.493 e. The minimum Gasteiger partial charge on any atom is -0.493 e. The molecule has 3 aromatic carbocycles. The van der Waals surface area contributed by atoms with Crippen LogP contribution in [0.15, 0.2) is 71.6 Å². The first-order valence-electron chi connectivity index (χ1n) is 9.53. The molecule has 0 N–H and O–H groups in total. The summed E-state index contributed by atoms with van der Waals surface area (Å²) in [6.45, 7) is 0.353. The third-order valence-corrected chi connectivity index (χ3v) is 6.01. The number of nitrogens with zero attached hydrogens (tertiary/aromatic N) is 1. The lowest BCUT2D eigenvalue weighted by atomic mass is 10.1. The highest BCUT2D eigenvalue weighted by Gasteiger charge is 2.36. The number of halogens is 2. The molecule has 0 aliphatic carbocycles. The second-order valence-corrected chi connectivity index (χ2v) is 8.69. The highest BCUT2D eigenvalue weighted by Crippen LogP contribution is 2.37. The smallest absolute Gasteiger partial charge is 0.298 e. The van der Waals surface area contributed by atoms with Crippen molar-refractivity contribution in [2.24, 2.45) is 0 Å². The van der Waals surface area contributed by atoms with E-state index in [9.17, 15) is 9.59 Å². The Morgan fingerprint density at radius 3 is 2.44 bits per heavy atom. The SMILES string of the molecule is COc1cc(/C=C2\SC(=O)N(c3cccc(Cl)c3)C2=O)ccc1OCc1ccc(Cl)cc1. The zero-order chi connectivity index (χ0) is 22.7. The minimum absolute atomic E-state index is 0.312. The number of hydrogen-bond donors (Lipinski definition) is 0. The highest BCUT2D eigenvalue weighted by atomic mass is 35.5. The van der Waals surface area contributed by atoms with Crippen molar-refractivity contribution in [2.75, 3.05) is 12.0 Å². The predicted molar refractivity (Wildman–Crippen MR) is 129 cm³/mol. The van der Waals surface area contributed by atoms with Gasteiger partial charge >= 0.3 is 0 Å². The van der Waals surface area contributed by atoms with Crippen LogP contribution in [0.1, 0.15) is 11.1 Å². The van der Waals surface area contributed by atoms with Crippen molar-refractivity contribution in [1.82, 2.24) is 0 Å². The molecule has 0 saturated carbocycles. The lowest BCUT2D eigenvalue weighted by molar-refractivity contribution is -0.113. The molecule has 3 aromatic rings. The fraction of sp³-hybridized carbons (Fsp3) is 0.0833. The van der Waals surface area contributed by atoms with Crippen molar-refractivity contribution in [3.63, 3.8) is 0 Å². The molecule has 0 radical (unpaired) electrons. The van der Waals surface area contributed by atoms with Gasteiger partial charge in [0.15, 0.2) is 11.5 Å². The Labute approximate surface area is 199 Å². The van der Waals surface area contributed by atoms with Gasteiger partial charge in [0.25, 0.3) is 11.1 Å². The summed E-state index contributed by atoms with van der Waals surface area (Å²) in [5.41, 5.74) is 2.11. The van der Waals surface area contributed by atoms with E-state index in [0.717, 1.165) is 22.2 Å². The molecule has 2 amide bonds. The lowest BCUT2D eigenvalue weighted by Gasteiger charge is -2.12. The maximum absolute atomic E-state index is 12.8. The molecule has 8 heteroatoms. The summed E-state index contributed by atoms with van der Waals surface area (Å²) in [6.07, 6.45) is 1.65. The van der Waals surface area contributed by atoms with E-state index in [1.165, 1.54) is 0 Å². The first kappa shape index (κ1) is 22.3. The third-order valence-electron chi connectivity index (χ3n) is 4.65. The average molecular weight is 486 g/mol. The normalized spacial score (nSPS) is 14.8. The molecule has 1 saturated heterocycles. The molecular formula is C24H17Cl2NO4S. The zero-order valence-electron chi connectivity index (χ0n) is 16.9. The molecule has 0 atom stereocenters. The lowest BCUT2D eigenvalue weighted by Crippen LogP contribution is -2.27. The first-order chi connectivity index (χ1) is 15.4. The molecule has 1 aliphatic rings. The van der Waals surface area contributed by atoms with Gasteiger partial charge in [0.1, 0.15) is 6.61 Å². The Hall–Kier alpha value is -2.93. The van der Waals surface area contributed by atoms with Gasteiger partial charge in [-0.25, -0.2) is 4.90 Å². The monoisotopic (exact) mass is 485 g/mol. The van der Waals surface area contributed by atoms with E-state index in [0.29, 0.717) is 44.3 Å². The Bertz CT molecular complexity index is 1210. The molecule has 1 aliphatic heterocycles. The van der Waals surface area contributed by atoms with E-state index in [4.69, 9.17) is 32.7 Å². The number of methoxy groups -OCH3 is 1. The fourth-order valence-electron chi connectivity index (χ4n) is 3.09. The fourth-order valence-corrected chi connectivity index (χ4v) is 4.24. The van der Waals surface area contributed by atoms with Crippen LogP contribution in [0, 0.1) is 0 Å². The molecule has 1 fully saturated rings. The van der Waals surface area contributed by atoms with Gasteiger partial charge in [0, 0.05) is 10.0 Å². The Balaban J connectivity index is 1.53. The van der Waals surface area contributed by atoms with Crippen molar-refractivity contribution in [3.8, 4) is 11.5 Å². The maximum atomic E-state index is 12.8. The highest BCUT2D eigenvalue weighted by molar-refractivity contribution is 8.19. The maximum Gasteiger partial charge on any atom is 0.298 e. The van der Waals surface area contributed by atoms with Crippen molar-refractivity contribution >= 4 is 57.9 Å². The summed E-state index contributed by atoms with van der Waals surface area (Å²) >= 11 is 12.8. The quantitative estimate of drug-likeness (QED) is 0.358. The molecule has 0 bridgehead atoms. The van der Waals surface area contributed by atoms with Gasteiger partial charge < -0.3 is 9.47 Å². The van der Waals surface area contributed by atoms with Crippen LogP contribution in [0.25, 0.3) is 6.08 Å². The van der Waals surface area contributed by atoms with E-state index >= 15 is 0 Å². The summed E-state index contributed by atoms with van der Waals surface area (Å²) in [7, 11) is 1.54. The summed E-state index contributed by atoms with van der Waals surface area (Å²) < 4.78 is 11.3. The number of rotatable bonds is 6. The number of benzene rings is 3. The number of imide groups is 1. The summed E-state index contributed by atoms with van der Waals surface area (Å²) in [5, 5.41) is 0.735. The molecule has 162 valence electrons. The molecule has 1 heterocycles.